The number of benzene rings is 3. The number of amides is 1. The van der Waals surface area contributed by atoms with Gasteiger partial charge in [-0.3, -0.25) is 4.79 Å². The quantitative estimate of drug-likeness (QED) is 0.470. The van der Waals surface area contributed by atoms with Gasteiger partial charge >= 0.3 is 6.18 Å². The fourth-order valence-corrected chi connectivity index (χ4v) is 4.65. The summed E-state index contributed by atoms with van der Waals surface area (Å²) in [6.45, 7) is 0.958. The van der Waals surface area contributed by atoms with Gasteiger partial charge in [0, 0.05) is 11.6 Å². The van der Waals surface area contributed by atoms with Crippen molar-refractivity contribution in [1.29, 1.82) is 0 Å². The first kappa shape index (κ1) is 24.8. The summed E-state index contributed by atoms with van der Waals surface area (Å²) in [6.07, 6.45) is -4.68. The Balaban J connectivity index is 1.93. The number of alkyl halides is 3. The lowest BCUT2D eigenvalue weighted by Gasteiger charge is -2.23. The van der Waals surface area contributed by atoms with E-state index in [4.69, 9.17) is 11.6 Å². The highest BCUT2D eigenvalue weighted by Crippen LogP contribution is 2.34. The van der Waals surface area contributed by atoms with Crippen molar-refractivity contribution in [2.45, 2.75) is 24.5 Å². The Kier molecular flexibility index (Phi) is 7.46. The van der Waals surface area contributed by atoms with Crippen LogP contribution in [0.3, 0.4) is 0 Å². The maximum Gasteiger partial charge on any atom is 0.418 e. The molecule has 0 aliphatic carbocycles. The van der Waals surface area contributed by atoms with Gasteiger partial charge in [0.15, 0.2) is 0 Å². The Morgan fingerprint density at radius 2 is 1.58 bits per heavy atom. The monoisotopic (exact) mass is 496 g/mol. The SMILES string of the molecule is Cc1ccccc1CN(CC(=O)Nc1ccccc1C(F)(F)F)S(=O)(=O)c1ccc(Cl)cc1. The molecule has 5 nitrogen and oxygen atoms in total. The molecule has 0 saturated heterocycles. The van der Waals surface area contributed by atoms with Gasteiger partial charge in [-0.05, 0) is 54.4 Å². The van der Waals surface area contributed by atoms with Crippen LogP contribution in [0.25, 0.3) is 0 Å². The van der Waals surface area contributed by atoms with Gasteiger partial charge in [0.25, 0.3) is 0 Å². The average Bonchev–Trinajstić information content (AvgIpc) is 2.74. The molecule has 3 rings (SSSR count). The first-order valence-corrected chi connectivity index (χ1v) is 11.6. The molecule has 1 amide bonds. The highest BCUT2D eigenvalue weighted by Gasteiger charge is 2.34. The third-order valence-corrected chi connectivity index (χ3v) is 6.94. The average molecular weight is 497 g/mol. The van der Waals surface area contributed by atoms with Crippen LogP contribution in [0.15, 0.2) is 77.7 Å². The Bertz CT molecular complexity index is 1250. The second kappa shape index (κ2) is 9.94. The molecule has 0 spiro atoms. The van der Waals surface area contributed by atoms with Crippen molar-refractivity contribution in [2.24, 2.45) is 0 Å². The van der Waals surface area contributed by atoms with E-state index >= 15 is 0 Å². The number of nitrogens with one attached hydrogen (secondary N) is 1. The number of rotatable bonds is 7. The summed E-state index contributed by atoms with van der Waals surface area (Å²) in [5.74, 6) is -0.905. The standard InChI is InChI=1S/C23H20ClF3N2O3S/c1-16-6-2-3-7-17(16)14-29(33(31,32)19-12-10-18(24)11-13-19)15-22(30)28-21-9-5-4-8-20(21)23(25,26)27/h2-13H,14-15H2,1H3,(H,28,30). The molecule has 1 N–H and O–H groups in total. The van der Waals surface area contributed by atoms with Crippen LogP contribution in [0.4, 0.5) is 18.9 Å². The van der Waals surface area contributed by atoms with E-state index in [0.29, 0.717) is 10.6 Å². The Hall–Kier alpha value is -2.88. The molecular weight excluding hydrogens is 477 g/mol. The first-order valence-electron chi connectivity index (χ1n) is 9.75. The molecule has 0 bridgehead atoms. The second-order valence-corrected chi connectivity index (χ2v) is 9.62. The maximum atomic E-state index is 13.3. The molecule has 3 aromatic carbocycles. The van der Waals surface area contributed by atoms with Gasteiger partial charge in [-0.25, -0.2) is 8.42 Å². The van der Waals surface area contributed by atoms with Crippen LogP contribution in [0.1, 0.15) is 16.7 Å². The fourth-order valence-electron chi connectivity index (χ4n) is 3.15. The summed E-state index contributed by atoms with van der Waals surface area (Å²) in [5, 5.41) is 2.53. The largest absolute Gasteiger partial charge is 0.418 e. The van der Waals surface area contributed by atoms with Crippen LogP contribution >= 0.6 is 11.6 Å². The molecule has 0 atom stereocenters. The normalized spacial score (nSPS) is 12.1. The van der Waals surface area contributed by atoms with Crippen LogP contribution in [0, 0.1) is 6.92 Å². The topological polar surface area (TPSA) is 66.5 Å². The predicted octanol–water partition coefficient (Wildman–Crippen LogP) is 5.50. The molecule has 33 heavy (non-hydrogen) atoms. The number of hydrogen-bond donors (Lipinski definition) is 1. The molecule has 0 unspecified atom stereocenters. The molecule has 0 heterocycles. The van der Waals surface area contributed by atoms with E-state index in [1.54, 1.807) is 31.2 Å². The maximum absolute atomic E-state index is 13.3. The van der Waals surface area contributed by atoms with E-state index in [9.17, 15) is 26.4 Å². The van der Waals surface area contributed by atoms with Crippen LogP contribution in [-0.2, 0) is 27.5 Å². The molecule has 0 aromatic heterocycles. The highest BCUT2D eigenvalue weighted by molar-refractivity contribution is 7.89. The van der Waals surface area contributed by atoms with Gasteiger partial charge < -0.3 is 5.32 Å². The molecule has 0 aliphatic rings. The van der Waals surface area contributed by atoms with Gasteiger partial charge in [0.2, 0.25) is 15.9 Å². The van der Waals surface area contributed by atoms with Crippen molar-refractivity contribution in [1.82, 2.24) is 4.31 Å². The lowest BCUT2D eigenvalue weighted by molar-refractivity contribution is -0.137. The Labute approximate surface area is 194 Å². The van der Waals surface area contributed by atoms with E-state index in [-0.39, 0.29) is 11.4 Å². The Morgan fingerprint density at radius 3 is 2.21 bits per heavy atom. The summed E-state index contributed by atoms with van der Waals surface area (Å²) >= 11 is 5.85. The third-order valence-electron chi connectivity index (χ3n) is 4.89. The third kappa shape index (κ3) is 6.13. The van der Waals surface area contributed by atoms with Crippen LogP contribution in [0.2, 0.25) is 5.02 Å². The molecule has 0 aliphatic heterocycles. The van der Waals surface area contributed by atoms with Gasteiger partial charge in [-0.15, -0.1) is 0 Å². The number of aryl methyl sites for hydroxylation is 1. The zero-order chi connectivity index (χ0) is 24.2. The van der Waals surface area contributed by atoms with E-state index in [1.807, 2.05) is 0 Å². The minimum absolute atomic E-state index is 0.0935. The first-order chi connectivity index (χ1) is 15.5. The molecule has 0 saturated carbocycles. The number of para-hydroxylation sites is 1. The molecule has 0 radical (unpaired) electrons. The van der Waals surface area contributed by atoms with Gasteiger partial charge in [-0.2, -0.15) is 17.5 Å². The summed E-state index contributed by atoms with van der Waals surface area (Å²) in [6, 6.07) is 16.9. The molecule has 10 heteroatoms. The summed E-state index contributed by atoms with van der Waals surface area (Å²) in [4.78, 5) is 12.6. The molecule has 0 fully saturated rings. The minimum Gasteiger partial charge on any atom is -0.324 e. The van der Waals surface area contributed by atoms with Gasteiger partial charge in [0.1, 0.15) is 0 Å². The lowest BCUT2D eigenvalue weighted by atomic mass is 10.1. The van der Waals surface area contributed by atoms with Crippen molar-refractivity contribution < 1.29 is 26.4 Å². The van der Waals surface area contributed by atoms with Crippen LogP contribution in [0.5, 0.6) is 0 Å². The van der Waals surface area contributed by atoms with Crippen molar-refractivity contribution in [3.05, 3.63) is 94.5 Å². The van der Waals surface area contributed by atoms with Crippen molar-refractivity contribution in [3.63, 3.8) is 0 Å². The lowest BCUT2D eigenvalue weighted by Crippen LogP contribution is -2.38. The smallest absolute Gasteiger partial charge is 0.324 e. The second-order valence-electron chi connectivity index (χ2n) is 7.25. The van der Waals surface area contributed by atoms with Crippen molar-refractivity contribution in [3.8, 4) is 0 Å². The number of sulfonamides is 1. The number of hydrogen-bond acceptors (Lipinski definition) is 3. The highest BCUT2D eigenvalue weighted by atomic mass is 35.5. The molecular formula is C23H20ClF3N2O3S. The summed E-state index contributed by atoms with van der Waals surface area (Å²) in [7, 11) is -4.17. The van der Waals surface area contributed by atoms with Crippen molar-refractivity contribution >= 4 is 33.2 Å². The number of carbonyl (C=O) groups is 1. The molecule has 3 aromatic rings. The number of carbonyl (C=O) groups excluding carboxylic acids is 1. The number of anilines is 1. The van der Waals surface area contributed by atoms with Crippen LogP contribution in [-0.4, -0.2) is 25.2 Å². The van der Waals surface area contributed by atoms with E-state index in [1.165, 1.54) is 36.4 Å². The minimum atomic E-state index is -4.68. The number of halogens is 4. The zero-order valence-electron chi connectivity index (χ0n) is 17.4. The van der Waals surface area contributed by atoms with E-state index in [2.05, 4.69) is 5.32 Å². The van der Waals surface area contributed by atoms with Crippen molar-refractivity contribution in [2.75, 3.05) is 11.9 Å². The van der Waals surface area contributed by atoms with Crippen LogP contribution < -0.4 is 5.32 Å². The number of nitrogens with zero attached hydrogens (tertiary/aromatic N) is 1. The van der Waals surface area contributed by atoms with Gasteiger partial charge in [0.05, 0.1) is 22.7 Å². The van der Waals surface area contributed by atoms with E-state index < -0.39 is 39.9 Å². The fraction of sp³-hybridized carbons (Fsp3) is 0.174. The predicted molar refractivity (Wildman–Crippen MR) is 120 cm³/mol. The zero-order valence-corrected chi connectivity index (χ0v) is 19.0. The Morgan fingerprint density at radius 1 is 0.970 bits per heavy atom. The summed E-state index contributed by atoms with van der Waals surface area (Å²) in [5.41, 5.74) is -0.0192. The molecule has 174 valence electrons. The van der Waals surface area contributed by atoms with E-state index in [0.717, 1.165) is 22.0 Å². The summed E-state index contributed by atoms with van der Waals surface area (Å²) < 4.78 is 67.3. The van der Waals surface area contributed by atoms with Gasteiger partial charge in [-0.1, -0.05) is 48.0 Å².